The molecule has 1 N–H and O–H groups in total. The molecule has 2 heterocycles. The summed E-state index contributed by atoms with van der Waals surface area (Å²) in [4.78, 5) is 12.7. The number of piperidine rings is 1. The summed E-state index contributed by atoms with van der Waals surface area (Å²) in [5.74, 6) is -0.0294. The third kappa shape index (κ3) is 3.95. The van der Waals surface area contributed by atoms with E-state index in [1.807, 2.05) is 0 Å². The van der Waals surface area contributed by atoms with E-state index in [0.29, 0.717) is 29.7 Å². The zero-order chi connectivity index (χ0) is 18.9. The minimum Gasteiger partial charge on any atom is -0.345 e. The number of aryl methyl sites for hydroxylation is 1. The number of hydrogen-bond donors (Lipinski definition) is 1. The van der Waals surface area contributed by atoms with Gasteiger partial charge in [0.25, 0.3) is 5.91 Å². The number of carbonyl (C=O) groups is 1. The summed E-state index contributed by atoms with van der Waals surface area (Å²) in [7, 11) is -1.93. The van der Waals surface area contributed by atoms with E-state index in [1.165, 1.54) is 21.1 Å². The van der Waals surface area contributed by atoms with E-state index in [9.17, 15) is 13.2 Å². The molecule has 140 valence electrons. The van der Waals surface area contributed by atoms with Crippen LogP contribution in [-0.2, 0) is 17.1 Å². The van der Waals surface area contributed by atoms with E-state index >= 15 is 0 Å². The molecule has 0 unspecified atom stereocenters. The minimum atomic E-state index is -3.59. The fraction of sp³-hybridized carbons (Fsp3) is 0.389. The largest absolute Gasteiger partial charge is 0.345 e. The summed E-state index contributed by atoms with van der Waals surface area (Å²) in [5, 5.41) is 3.33. The lowest BCUT2D eigenvalue weighted by Gasteiger charge is -2.29. The number of sulfonamides is 1. The number of benzene rings is 1. The number of nitrogens with zero attached hydrogens (tertiary/aromatic N) is 2. The van der Waals surface area contributed by atoms with Gasteiger partial charge >= 0.3 is 0 Å². The van der Waals surface area contributed by atoms with Crippen LogP contribution in [0.15, 0.2) is 41.4 Å². The average Bonchev–Trinajstić information content (AvgIpc) is 3.00. The second kappa shape index (κ2) is 7.42. The first-order chi connectivity index (χ1) is 12.3. The van der Waals surface area contributed by atoms with Crippen molar-refractivity contribution < 1.29 is 13.2 Å². The smallest absolute Gasteiger partial charge is 0.272 e. The summed E-state index contributed by atoms with van der Waals surface area (Å²) in [6, 6.07) is 8.16. The average molecular weight is 396 g/mol. The van der Waals surface area contributed by atoms with Crippen molar-refractivity contribution in [2.75, 3.05) is 18.4 Å². The molecular weight excluding hydrogens is 374 g/mol. The first kappa shape index (κ1) is 18.9. The highest BCUT2D eigenvalue weighted by atomic mass is 35.5. The molecule has 1 fully saturated rings. The summed E-state index contributed by atoms with van der Waals surface area (Å²) >= 11 is 5.84. The van der Waals surface area contributed by atoms with Crippen molar-refractivity contribution >= 4 is 33.2 Å². The van der Waals surface area contributed by atoms with Gasteiger partial charge in [-0.1, -0.05) is 18.5 Å². The number of halogens is 1. The van der Waals surface area contributed by atoms with Crippen molar-refractivity contribution in [3.05, 3.63) is 47.2 Å². The second-order valence-electron chi connectivity index (χ2n) is 6.74. The molecule has 1 atom stereocenters. The Labute approximate surface area is 158 Å². The van der Waals surface area contributed by atoms with Gasteiger partial charge in [0.05, 0.1) is 0 Å². The first-order valence-corrected chi connectivity index (χ1v) is 10.3. The van der Waals surface area contributed by atoms with Crippen LogP contribution in [0.1, 0.15) is 30.3 Å². The summed E-state index contributed by atoms with van der Waals surface area (Å²) in [6.45, 7) is 3.09. The van der Waals surface area contributed by atoms with Crippen LogP contribution in [0.3, 0.4) is 0 Å². The van der Waals surface area contributed by atoms with Crippen molar-refractivity contribution in [3.8, 4) is 0 Å². The summed E-state index contributed by atoms with van der Waals surface area (Å²) in [6.07, 6.45) is 3.39. The Morgan fingerprint density at radius 1 is 1.27 bits per heavy atom. The number of aromatic nitrogens is 1. The number of hydrogen-bond acceptors (Lipinski definition) is 3. The van der Waals surface area contributed by atoms with Crippen LogP contribution >= 0.6 is 11.6 Å². The highest BCUT2D eigenvalue weighted by molar-refractivity contribution is 7.89. The van der Waals surface area contributed by atoms with Crippen molar-refractivity contribution in [2.45, 2.75) is 24.7 Å². The van der Waals surface area contributed by atoms with Gasteiger partial charge in [0.2, 0.25) is 10.0 Å². The van der Waals surface area contributed by atoms with Crippen LogP contribution < -0.4 is 5.32 Å². The maximum Gasteiger partial charge on any atom is 0.272 e. The van der Waals surface area contributed by atoms with E-state index in [4.69, 9.17) is 11.6 Å². The van der Waals surface area contributed by atoms with Crippen molar-refractivity contribution in [2.24, 2.45) is 13.0 Å². The van der Waals surface area contributed by atoms with Gasteiger partial charge in [-0.25, -0.2) is 8.42 Å². The van der Waals surface area contributed by atoms with E-state index in [2.05, 4.69) is 12.2 Å². The number of anilines is 1. The third-order valence-electron chi connectivity index (χ3n) is 4.57. The Kier molecular flexibility index (Phi) is 5.41. The fourth-order valence-electron chi connectivity index (χ4n) is 3.14. The first-order valence-electron chi connectivity index (χ1n) is 8.51. The Morgan fingerprint density at radius 2 is 1.96 bits per heavy atom. The Balaban J connectivity index is 1.81. The van der Waals surface area contributed by atoms with Gasteiger partial charge in [-0.05, 0) is 49.1 Å². The molecule has 1 amide bonds. The molecule has 1 aromatic heterocycles. The minimum absolute atomic E-state index is 0.148. The van der Waals surface area contributed by atoms with E-state index < -0.39 is 10.0 Å². The predicted molar refractivity (Wildman–Crippen MR) is 102 cm³/mol. The lowest BCUT2D eigenvalue weighted by Crippen LogP contribution is -2.38. The molecule has 1 aliphatic rings. The SMILES string of the molecule is C[C@@H]1CCCN(S(=O)(=O)c2cc(C(=O)Nc3ccc(Cl)cc3)n(C)c2)C1. The van der Waals surface area contributed by atoms with Gasteiger partial charge < -0.3 is 9.88 Å². The summed E-state index contributed by atoms with van der Waals surface area (Å²) < 4.78 is 28.8. The van der Waals surface area contributed by atoms with Crippen LogP contribution in [0.25, 0.3) is 0 Å². The number of carbonyl (C=O) groups excluding carboxylic acids is 1. The molecule has 0 saturated carbocycles. The molecule has 0 spiro atoms. The molecule has 2 aromatic rings. The molecule has 1 aromatic carbocycles. The number of rotatable bonds is 4. The van der Waals surface area contributed by atoms with Crippen LogP contribution in [0.2, 0.25) is 5.02 Å². The molecule has 6 nitrogen and oxygen atoms in total. The molecule has 8 heteroatoms. The highest BCUT2D eigenvalue weighted by Crippen LogP contribution is 2.25. The lowest BCUT2D eigenvalue weighted by molar-refractivity contribution is 0.101. The summed E-state index contributed by atoms with van der Waals surface area (Å²) in [5.41, 5.74) is 0.874. The standard InChI is InChI=1S/C18H22ClN3O3S/c1-13-4-3-9-22(11-13)26(24,25)16-10-17(21(2)12-16)18(23)20-15-7-5-14(19)6-8-15/h5-8,10,12-13H,3-4,9,11H2,1-2H3,(H,20,23)/t13-/m1/s1. The molecule has 0 aliphatic carbocycles. The van der Waals surface area contributed by atoms with E-state index in [1.54, 1.807) is 31.3 Å². The molecule has 0 bridgehead atoms. The van der Waals surface area contributed by atoms with Crippen LogP contribution in [0.4, 0.5) is 5.69 Å². The van der Waals surface area contributed by atoms with E-state index in [0.717, 1.165) is 12.8 Å². The Morgan fingerprint density at radius 3 is 2.62 bits per heavy atom. The van der Waals surface area contributed by atoms with Gasteiger partial charge in [0, 0.05) is 37.0 Å². The highest BCUT2D eigenvalue weighted by Gasteiger charge is 2.30. The quantitative estimate of drug-likeness (QED) is 0.862. The zero-order valence-electron chi connectivity index (χ0n) is 14.8. The molecular formula is C18H22ClN3O3S. The van der Waals surface area contributed by atoms with Crippen LogP contribution in [0.5, 0.6) is 0 Å². The monoisotopic (exact) mass is 395 g/mol. The van der Waals surface area contributed by atoms with Crippen LogP contribution in [-0.4, -0.2) is 36.3 Å². The van der Waals surface area contributed by atoms with Crippen LogP contribution in [0, 0.1) is 5.92 Å². The topological polar surface area (TPSA) is 71.4 Å². The normalized spacial score (nSPS) is 18.7. The van der Waals surface area contributed by atoms with Crippen molar-refractivity contribution in [1.29, 1.82) is 0 Å². The van der Waals surface area contributed by atoms with Gasteiger partial charge in [-0.15, -0.1) is 0 Å². The molecule has 1 aliphatic heterocycles. The van der Waals surface area contributed by atoms with Gasteiger partial charge in [-0.2, -0.15) is 4.31 Å². The Bertz CT molecular complexity index is 906. The third-order valence-corrected chi connectivity index (χ3v) is 6.65. The van der Waals surface area contributed by atoms with Gasteiger partial charge in [0.1, 0.15) is 10.6 Å². The second-order valence-corrected chi connectivity index (χ2v) is 9.12. The van der Waals surface area contributed by atoms with Gasteiger partial charge in [0.15, 0.2) is 0 Å². The molecule has 1 saturated heterocycles. The fourth-order valence-corrected chi connectivity index (χ4v) is 4.94. The molecule has 0 radical (unpaired) electrons. The van der Waals surface area contributed by atoms with Gasteiger partial charge in [-0.3, -0.25) is 4.79 Å². The lowest BCUT2D eigenvalue weighted by atomic mass is 10.0. The van der Waals surface area contributed by atoms with E-state index in [-0.39, 0.29) is 16.5 Å². The molecule has 3 rings (SSSR count). The Hall–Kier alpha value is -1.83. The van der Waals surface area contributed by atoms with Crippen molar-refractivity contribution in [1.82, 2.24) is 8.87 Å². The van der Waals surface area contributed by atoms with Crippen molar-refractivity contribution in [3.63, 3.8) is 0 Å². The zero-order valence-corrected chi connectivity index (χ0v) is 16.3. The predicted octanol–water partition coefficient (Wildman–Crippen LogP) is 3.35. The number of nitrogens with one attached hydrogen (secondary N) is 1. The maximum atomic E-state index is 12.9. The molecule has 26 heavy (non-hydrogen) atoms. The maximum absolute atomic E-state index is 12.9. The number of amides is 1.